The van der Waals surface area contributed by atoms with Crippen molar-refractivity contribution in [1.82, 2.24) is 0 Å². The van der Waals surface area contributed by atoms with Crippen LogP contribution in [0.2, 0.25) is 0 Å². The first-order chi connectivity index (χ1) is 7.38. The van der Waals surface area contributed by atoms with Gasteiger partial charge in [0.2, 0.25) is 0 Å². The number of rotatable bonds is 5. The highest BCUT2D eigenvalue weighted by Gasteiger charge is 1.83. The first kappa shape index (κ1) is 20.8. The zero-order chi connectivity index (χ0) is 13.4. The van der Waals surface area contributed by atoms with Crippen LogP contribution in [-0.2, 0) is 0 Å². The number of hydrogen-bond acceptors (Lipinski definition) is 2. The van der Waals surface area contributed by atoms with E-state index in [1.54, 1.807) is 0 Å². The Kier molecular flexibility index (Phi) is 25.8. The highest BCUT2D eigenvalue weighted by molar-refractivity contribution is 7.80. The lowest BCUT2D eigenvalue weighted by atomic mass is 10.1. The predicted octanol–water partition coefficient (Wildman–Crippen LogP) is 2.94. The first-order valence-corrected chi connectivity index (χ1v) is 6.16. The van der Waals surface area contributed by atoms with Crippen LogP contribution >= 0.6 is 24.4 Å². The Hall–Kier alpha value is -0.620. The van der Waals surface area contributed by atoms with Crippen molar-refractivity contribution in [3.63, 3.8) is 0 Å². The number of aliphatic hydroxyl groups excluding tert-OH is 2. The lowest BCUT2D eigenvalue weighted by molar-refractivity contribution is 0.559. The second kappa shape index (κ2) is 19.9. The summed E-state index contributed by atoms with van der Waals surface area (Å²) >= 11 is 7.74. The normalized spacial score (nSPS) is 7.88. The van der Waals surface area contributed by atoms with E-state index in [4.69, 9.17) is 10.2 Å². The average molecular weight is 268 g/mol. The molecule has 0 aliphatic heterocycles. The number of aliphatic hydroxyl groups is 2. The third-order valence-electron chi connectivity index (χ3n) is 1.46. The van der Waals surface area contributed by atoms with Crippen molar-refractivity contribution in [3.05, 3.63) is 0 Å². The lowest BCUT2D eigenvalue weighted by Crippen LogP contribution is -2.03. The molecule has 0 spiro atoms. The summed E-state index contributed by atoms with van der Waals surface area (Å²) in [5.74, 6) is 0. The van der Waals surface area contributed by atoms with Gasteiger partial charge in [0.1, 0.15) is 0 Å². The van der Waals surface area contributed by atoms with Gasteiger partial charge in [-0.2, -0.15) is 0 Å². The molecular weight excluding hydrogens is 244 g/mol. The van der Waals surface area contributed by atoms with Crippen molar-refractivity contribution in [3.8, 4) is 0 Å². The van der Waals surface area contributed by atoms with Crippen LogP contribution in [0.4, 0.5) is 0 Å². The Balaban J connectivity index is -0.000000179. The van der Waals surface area contributed by atoms with Gasteiger partial charge in [-0.15, -0.1) is 0 Å². The molecule has 0 aromatic rings. The molecule has 0 radical (unpaired) electrons. The predicted molar refractivity (Wildman–Crippen MR) is 77.9 cm³/mol. The number of hydrogen-bond donors (Lipinski definition) is 4. The fraction of sp³-hybridized carbons (Fsp3) is 0.800. The first-order valence-electron chi connectivity index (χ1n) is 5.35. The van der Waals surface area contributed by atoms with E-state index in [0.717, 1.165) is 0 Å². The Labute approximate surface area is 109 Å². The van der Waals surface area contributed by atoms with E-state index in [2.05, 4.69) is 49.8 Å². The van der Waals surface area contributed by atoms with E-state index >= 15 is 0 Å². The second-order valence-electron chi connectivity index (χ2n) is 3.09. The highest BCUT2D eigenvalue weighted by atomic mass is 32.1. The maximum Gasteiger partial charge on any atom is 0.251 e. The zero-order valence-electron chi connectivity index (χ0n) is 10.1. The molecule has 16 heavy (non-hydrogen) atoms. The fourth-order valence-electron chi connectivity index (χ4n) is 0.854. The van der Waals surface area contributed by atoms with Gasteiger partial charge in [-0.05, 0) is 24.4 Å². The van der Waals surface area contributed by atoms with Crippen LogP contribution in [0.15, 0.2) is 0 Å². The Morgan fingerprint density at radius 1 is 0.812 bits per heavy atom. The SMILES string of the molecule is CCCCCCCC.NC(O)=S.NC(O)=S. The van der Waals surface area contributed by atoms with Gasteiger partial charge in [0.25, 0.3) is 10.3 Å². The largest absolute Gasteiger partial charge is 0.487 e. The molecule has 4 nitrogen and oxygen atoms in total. The molecule has 0 saturated heterocycles. The van der Waals surface area contributed by atoms with Crippen LogP contribution in [0.5, 0.6) is 0 Å². The summed E-state index contributed by atoms with van der Waals surface area (Å²) < 4.78 is 0. The van der Waals surface area contributed by atoms with Crippen LogP contribution in [-0.4, -0.2) is 20.6 Å². The molecule has 0 aromatic heterocycles. The van der Waals surface area contributed by atoms with Crippen molar-refractivity contribution < 1.29 is 10.2 Å². The summed E-state index contributed by atoms with van der Waals surface area (Å²) in [5.41, 5.74) is 8.80. The third kappa shape index (κ3) is 107. The van der Waals surface area contributed by atoms with Crippen molar-refractivity contribution in [2.24, 2.45) is 11.5 Å². The monoisotopic (exact) mass is 268 g/mol. The van der Waals surface area contributed by atoms with Gasteiger partial charge < -0.3 is 21.7 Å². The van der Waals surface area contributed by atoms with Crippen LogP contribution in [0, 0.1) is 0 Å². The molecule has 0 unspecified atom stereocenters. The molecule has 98 valence electrons. The van der Waals surface area contributed by atoms with Gasteiger partial charge in [0.05, 0.1) is 0 Å². The zero-order valence-corrected chi connectivity index (χ0v) is 11.7. The summed E-state index contributed by atoms with van der Waals surface area (Å²) in [7, 11) is 0. The topological polar surface area (TPSA) is 92.5 Å². The van der Waals surface area contributed by atoms with Gasteiger partial charge in [-0.3, -0.25) is 0 Å². The van der Waals surface area contributed by atoms with E-state index in [-0.39, 0.29) is 0 Å². The molecule has 0 fully saturated rings. The van der Waals surface area contributed by atoms with Crippen LogP contribution in [0.1, 0.15) is 52.4 Å². The molecule has 0 saturated carbocycles. The van der Waals surface area contributed by atoms with Crippen LogP contribution < -0.4 is 11.5 Å². The molecule has 0 bridgehead atoms. The maximum atomic E-state index is 7.56. The molecule has 0 atom stereocenters. The Morgan fingerprint density at radius 2 is 1.00 bits per heavy atom. The lowest BCUT2D eigenvalue weighted by Gasteiger charge is -1.93. The molecule has 0 rings (SSSR count). The van der Waals surface area contributed by atoms with Crippen molar-refractivity contribution in [2.45, 2.75) is 52.4 Å². The van der Waals surface area contributed by atoms with E-state index < -0.39 is 10.3 Å². The number of thiocarbonyl (C=S) groups is 2. The van der Waals surface area contributed by atoms with E-state index in [1.165, 1.54) is 38.5 Å². The van der Waals surface area contributed by atoms with Crippen LogP contribution in [0.25, 0.3) is 0 Å². The van der Waals surface area contributed by atoms with Gasteiger partial charge in [0, 0.05) is 0 Å². The molecule has 0 heterocycles. The van der Waals surface area contributed by atoms with Crippen molar-refractivity contribution >= 4 is 34.8 Å². The van der Waals surface area contributed by atoms with E-state index in [9.17, 15) is 0 Å². The molecular formula is C10H24N2O2S2. The molecule has 0 aromatic carbocycles. The minimum Gasteiger partial charge on any atom is -0.487 e. The summed E-state index contributed by atoms with van der Waals surface area (Å²) in [4.78, 5) is 0. The summed E-state index contributed by atoms with van der Waals surface area (Å²) in [6, 6.07) is 0. The summed E-state index contributed by atoms with van der Waals surface area (Å²) in [6.45, 7) is 4.51. The molecule has 0 amide bonds. The summed E-state index contributed by atoms with van der Waals surface area (Å²) in [6.07, 6.45) is 8.49. The van der Waals surface area contributed by atoms with Gasteiger partial charge in [-0.25, -0.2) is 0 Å². The van der Waals surface area contributed by atoms with E-state index in [1.807, 2.05) is 0 Å². The van der Waals surface area contributed by atoms with Gasteiger partial charge >= 0.3 is 0 Å². The molecule has 0 aliphatic rings. The number of nitrogens with two attached hydrogens (primary N) is 2. The smallest absolute Gasteiger partial charge is 0.251 e. The minimum atomic E-state index is -0.500. The van der Waals surface area contributed by atoms with Crippen molar-refractivity contribution in [2.75, 3.05) is 0 Å². The fourth-order valence-corrected chi connectivity index (χ4v) is 0.854. The molecule has 6 N–H and O–H groups in total. The molecule has 6 heteroatoms. The van der Waals surface area contributed by atoms with E-state index in [0.29, 0.717) is 0 Å². The maximum absolute atomic E-state index is 7.56. The number of unbranched alkanes of at least 4 members (excludes halogenated alkanes) is 5. The van der Waals surface area contributed by atoms with Gasteiger partial charge in [-0.1, -0.05) is 52.4 Å². The molecule has 0 aliphatic carbocycles. The average Bonchev–Trinajstić information content (AvgIpc) is 2.11. The second-order valence-corrected chi connectivity index (χ2v) is 3.93. The Morgan fingerprint density at radius 3 is 1.12 bits per heavy atom. The standard InChI is InChI=1S/C8H18.2CH3NOS/c1-3-5-7-8-6-4-2;2*2-1(3)4/h3-8H2,1-2H3;2*(H3,2,3,4). The quantitative estimate of drug-likeness (QED) is 0.452. The van der Waals surface area contributed by atoms with Crippen LogP contribution in [0.3, 0.4) is 0 Å². The summed E-state index contributed by atoms with van der Waals surface area (Å²) in [5, 5.41) is 14.1. The van der Waals surface area contributed by atoms with Crippen molar-refractivity contribution in [1.29, 1.82) is 0 Å². The minimum absolute atomic E-state index is 0.500. The third-order valence-corrected chi connectivity index (χ3v) is 1.46. The van der Waals surface area contributed by atoms with Gasteiger partial charge in [0.15, 0.2) is 0 Å². The Bertz CT molecular complexity index is 141. The highest BCUT2D eigenvalue weighted by Crippen LogP contribution is 2.03.